The third-order valence-corrected chi connectivity index (χ3v) is 5.46. The van der Waals surface area contributed by atoms with Gasteiger partial charge in [-0.3, -0.25) is 4.79 Å². The van der Waals surface area contributed by atoms with Crippen molar-refractivity contribution >= 4 is 27.7 Å². The molecule has 30 heavy (non-hydrogen) atoms. The highest BCUT2D eigenvalue weighted by atomic mass is 79.9. The molecule has 1 aliphatic rings. The van der Waals surface area contributed by atoms with Crippen LogP contribution in [0.2, 0.25) is 0 Å². The summed E-state index contributed by atoms with van der Waals surface area (Å²) in [5, 5.41) is 0. The molecule has 0 amide bonds. The molecule has 6 nitrogen and oxygen atoms in total. The lowest BCUT2D eigenvalue weighted by atomic mass is 10.1. The summed E-state index contributed by atoms with van der Waals surface area (Å²) in [6.07, 6.45) is 0. The number of ether oxygens (including phenoxy) is 3. The first kappa shape index (κ1) is 20.2. The minimum Gasteiger partial charge on any atom is -0.486 e. The fourth-order valence-electron chi connectivity index (χ4n) is 3.50. The number of aromatic nitrogens is 1. The number of esters is 1. The zero-order chi connectivity index (χ0) is 21.3. The van der Waals surface area contributed by atoms with E-state index in [-0.39, 0.29) is 12.4 Å². The van der Waals surface area contributed by atoms with Crippen molar-refractivity contribution < 1.29 is 23.8 Å². The van der Waals surface area contributed by atoms with Crippen LogP contribution in [-0.4, -0.2) is 36.1 Å². The van der Waals surface area contributed by atoms with Crippen LogP contribution in [0.4, 0.5) is 0 Å². The van der Waals surface area contributed by atoms with E-state index >= 15 is 0 Å². The van der Waals surface area contributed by atoms with Crippen LogP contribution in [-0.2, 0) is 4.74 Å². The van der Waals surface area contributed by atoms with Gasteiger partial charge in [-0.05, 0) is 62.4 Å². The molecule has 0 bridgehead atoms. The number of carbonyl (C=O) groups excluding carboxylic acids is 2. The second-order valence-corrected chi connectivity index (χ2v) is 7.87. The van der Waals surface area contributed by atoms with E-state index in [0.717, 1.165) is 21.5 Å². The van der Waals surface area contributed by atoms with Gasteiger partial charge in [-0.1, -0.05) is 15.9 Å². The van der Waals surface area contributed by atoms with E-state index in [1.807, 2.05) is 48.7 Å². The molecule has 0 unspecified atom stereocenters. The minimum atomic E-state index is -0.581. The number of nitrogens with zero attached hydrogens (tertiary/aromatic N) is 1. The van der Waals surface area contributed by atoms with E-state index in [1.54, 1.807) is 18.2 Å². The van der Waals surface area contributed by atoms with Crippen LogP contribution < -0.4 is 9.47 Å². The monoisotopic (exact) mass is 469 g/mol. The van der Waals surface area contributed by atoms with Gasteiger partial charge in [-0.15, -0.1) is 0 Å². The smallest absolute Gasteiger partial charge is 0.338 e. The second-order valence-electron chi connectivity index (χ2n) is 6.95. The number of ketones is 1. The molecule has 1 aliphatic heterocycles. The molecule has 4 rings (SSSR count). The third-order valence-electron chi connectivity index (χ3n) is 4.93. The van der Waals surface area contributed by atoms with Crippen molar-refractivity contribution in [3.63, 3.8) is 0 Å². The number of Topliss-reactive ketones (excluding diaryl/α,β-unsaturated/α-hetero) is 1. The fourth-order valence-corrected chi connectivity index (χ4v) is 3.76. The van der Waals surface area contributed by atoms with Gasteiger partial charge in [0.2, 0.25) is 5.78 Å². The average molecular weight is 470 g/mol. The number of rotatable bonds is 5. The topological polar surface area (TPSA) is 66.8 Å². The van der Waals surface area contributed by atoms with Crippen LogP contribution in [0.1, 0.15) is 32.1 Å². The van der Waals surface area contributed by atoms with E-state index in [1.165, 1.54) is 0 Å². The fraction of sp³-hybridized carbons (Fsp3) is 0.217. The maximum Gasteiger partial charge on any atom is 0.338 e. The van der Waals surface area contributed by atoms with E-state index < -0.39 is 5.97 Å². The van der Waals surface area contributed by atoms with Gasteiger partial charge in [-0.2, -0.15) is 0 Å². The van der Waals surface area contributed by atoms with E-state index in [4.69, 9.17) is 14.2 Å². The molecular weight excluding hydrogens is 450 g/mol. The molecule has 0 radical (unpaired) electrons. The predicted molar refractivity (Wildman–Crippen MR) is 115 cm³/mol. The number of carbonyl (C=O) groups is 2. The highest BCUT2D eigenvalue weighted by Crippen LogP contribution is 2.31. The summed E-state index contributed by atoms with van der Waals surface area (Å²) in [6.45, 7) is 4.39. The van der Waals surface area contributed by atoms with Crippen LogP contribution in [0.15, 0.2) is 53.0 Å². The van der Waals surface area contributed by atoms with Gasteiger partial charge in [0.15, 0.2) is 18.1 Å². The summed E-state index contributed by atoms with van der Waals surface area (Å²) >= 11 is 3.43. The number of fused-ring (bicyclic) bond motifs is 1. The summed E-state index contributed by atoms with van der Waals surface area (Å²) in [7, 11) is 0. The van der Waals surface area contributed by atoms with Crippen LogP contribution in [0.3, 0.4) is 0 Å². The van der Waals surface area contributed by atoms with Gasteiger partial charge < -0.3 is 18.8 Å². The number of halogens is 1. The number of aryl methyl sites for hydroxylation is 1. The average Bonchev–Trinajstić information content (AvgIpc) is 3.06. The van der Waals surface area contributed by atoms with Gasteiger partial charge >= 0.3 is 5.97 Å². The quantitative estimate of drug-likeness (QED) is 0.401. The molecule has 154 valence electrons. The summed E-state index contributed by atoms with van der Waals surface area (Å²) in [6, 6.07) is 14.5. The first-order chi connectivity index (χ1) is 14.4. The SMILES string of the molecule is Cc1cc(C(=O)COC(=O)c2ccc3c(c2)OCCO3)c(C)n1-c1ccc(Br)cc1. The standard InChI is InChI=1S/C23H20BrNO5/c1-14-11-19(15(2)25(14)18-6-4-17(24)5-7-18)20(26)13-30-23(27)16-3-8-21-22(12-16)29-10-9-28-21/h3-8,11-12H,9-10,13H2,1-2H3. The molecular formula is C23H20BrNO5. The van der Waals surface area contributed by atoms with Crippen molar-refractivity contribution in [2.24, 2.45) is 0 Å². The molecule has 0 aliphatic carbocycles. The summed E-state index contributed by atoms with van der Waals surface area (Å²) in [5.74, 6) is 0.258. The molecule has 2 aromatic carbocycles. The Morgan fingerprint density at radius 2 is 1.70 bits per heavy atom. The van der Waals surface area contributed by atoms with Crippen molar-refractivity contribution in [2.75, 3.05) is 19.8 Å². The predicted octanol–water partition coefficient (Wildman–Crippen LogP) is 4.67. The van der Waals surface area contributed by atoms with Crippen LogP contribution in [0.5, 0.6) is 11.5 Å². The first-order valence-electron chi connectivity index (χ1n) is 9.49. The Kier molecular flexibility index (Phi) is 5.63. The van der Waals surface area contributed by atoms with Crippen molar-refractivity contribution in [1.29, 1.82) is 0 Å². The van der Waals surface area contributed by atoms with Crippen LogP contribution in [0.25, 0.3) is 5.69 Å². The molecule has 7 heteroatoms. The van der Waals surface area contributed by atoms with Crippen molar-refractivity contribution in [3.8, 4) is 17.2 Å². The van der Waals surface area contributed by atoms with Crippen molar-refractivity contribution in [1.82, 2.24) is 4.57 Å². The molecule has 1 aromatic heterocycles. The molecule has 0 N–H and O–H groups in total. The van der Waals surface area contributed by atoms with Gasteiger partial charge in [-0.25, -0.2) is 4.79 Å². The summed E-state index contributed by atoms with van der Waals surface area (Å²) in [4.78, 5) is 25.1. The Balaban J connectivity index is 1.47. The highest BCUT2D eigenvalue weighted by molar-refractivity contribution is 9.10. The maximum atomic E-state index is 12.7. The lowest BCUT2D eigenvalue weighted by Crippen LogP contribution is -2.17. The van der Waals surface area contributed by atoms with Crippen molar-refractivity contribution in [3.05, 3.63) is 75.5 Å². The molecule has 3 aromatic rings. The first-order valence-corrected chi connectivity index (χ1v) is 10.3. The molecule has 0 saturated heterocycles. The Morgan fingerprint density at radius 3 is 2.43 bits per heavy atom. The highest BCUT2D eigenvalue weighted by Gasteiger charge is 2.20. The zero-order valence-electron chi connectivity index (χ0n) is 16.6. The number of hydrogen-bond acceptors (Lipinski definition) is 5. The van der Waals surface area contributed by atoms with Crippen molar-refractivity contribution in [2.45, 2.75) is 13.8 Å². The normalized spacial score (nSPS) is 12.5. The maximum absolute atomic E-state index is 12.7. The summed E-state index contributed by atoms with van der Waals surface area (Å²) < 4.78 is 19.2. The molecule has 0 atom stereocenters. The van der Waals surface area contributed by atoms with E-state index in [0.29, 0.717) is 35.8 Å². The van der Waals surface area contributed by atoms with E-state index in [2.05, 4.69) is 15.9 Å². The lowest BCUT2D eigenvalue weighted by molar-refractivity contribution is 0.0473. The molecule has 0 saturated carbocycles. The molecule has 2 heterocycles. The Morgan fingerprint density at radius 1 is 1.00 bits per heavy atom. The van der Waals surface area contributed by atoms with Gasteiger partial charge in [0.25, 0.3) is 0 Å². The number of hydrogen-bond donors (Lipinski definition) is 0. The molecule has 0 spiro atoms. The van der Waals surface area contributed by atoms with Crippen LogP contribution in [0, 0.1) is 13.8 Å². The Labute approximate surface area is 182 Å². The van der Waals surface area contributed by atoms with Crippen LogP contribution >= 0.6 is 15.9 Å². The Hall–Kier alpha value is -3.06. The van der Waals surface area contributed by atoms with Gasteiger partial charge in [0.1, 0.15) is 13.2 Å². The minimum absolute atomic E-state index is 0.252. The van der Waals surface area contributed by atoms with Gasteiger partial charge in [0.05, 0.1) is 5.56 Å². The zero-order valence-corrected chi connectivity index (χ0v) is 18.2. The Bertz CT molecular complexity index is 1120. The molecule has 0 fully saturated rings. The number of benzene rings is 2. The summed E-state index contributed by atoms with van der Waals surface area (Å²) in [5.41, 5.74) is 3.53. The third kappa shape index (κ3) is 3.98. The largest absolute Gasteiger partial charge is 0.486 e. The van der Waals surface area contributed by atoms with Gasteiger partial charge in [0, 0.05) is 27.1 Å². The van der Waals surface area contributed by atoms with E-state index in [9.17, 15) is 9.59 Å². The lowest BCUT2D eigenvalue weighted by Gasteiger charge is -2.18. The second kappa shape index (κ2) is 8.36.